The molecule has 16 heavy (non-hydrogen) atoms. The molecule has 0 saturated carbocycles. The molecule has 3 N–H and O–H groups in total. The number of nitrogens with one attached hydrogen (secondary N) is 1. The summed E-state index contributed by atoms with van der Waals surface area (Å²) in [7, 11) is 1.65. The smallest absolute Gasteiger partial charge is 0.123 e. The third-order valence-electron chi connectivity index (χ3n) is 2.60. The van der Waals surface area contributed by atoms with Gasteiger partial charge in [-0.2, -0.15) is 0 Å². The number of rotatable bonds is 3. The molecule has 0 saturated heterocycles. The first-order valence-electron chi connectivity index (χ1n) is 5.13. The Morgan fingerprint density at radius 2 is 2.25 bits per heavy atom. The number of nitrogens with zero attached hydrogens (tertiary/aromatic N) is 1. The molecule has 2 aromatic rings. The van der Waals surface area contributed by atoms with Crippen molar-refractivity contribution in [2.24, 2.45) is 5.73 Å². The lowest BCUT2D eigenvalue weighted by atomic mass is 10.1. The fraction of sp³-hybridized carbons (Fsp3) is 0.250. The minimum Gasteiger partial charge on any atom is -0.496 e. The van der Waals surface area contributed by atoms with E-state index in [2.05, 4.69) is 9.97 Å². The van der Waals surface area contributed by atoms with E-state index in [4.69, 9.17) is 10.5 Å². The Labute approximate surface area is 94.5 Å². The number of hydrogen-bond acceptors (Lipinski definition) is 3. The Hall–Kier alpha value is -1.81. The van der Waals surface area contributed by atoms with E-state index in [0.29, 0.717) is 6.54 Å². The van der Waals surface area contributed by atoms with Crippen molar-refractivity contribution in [2.45, 2.75) is 13.5 Å². The van der Waals surface area contributed by atoms with Crippen molar-refractivity contribution in [2.75, 3.05) is 7.11 Å². The van der Waals surface area contributed by atoms with E-state index in [1.807, 2.05) is 25.1 Å². The first kappa shape index (κ1) is 10.7. The zero-order valence-corrected chi connectivity index (χ0v) is 9.45. The molecule has 84 valence electrons. The number of methoxy groups -OCH3 is 1. The van der Waals surface area contributed by atoms with Crippen molar-refractivity contribution >= 4 is 0 Å². The van der Waals surface area contributed by atoms with Gasteiger partial charge in [-0.25, -0.2) is 4.98 Å². The first-order chi connectivity index (χ1) is 7.76. The average Bonchev–Trinajstić information content (AvgIpc) is 2.74. The summed E-state index contributed by atoms with van der Waals surface area (Å²) in [4.78, 5) is 7.34. The number of aromatic amines is 1. The molecular formula is C12H15N3O. The maximum absolute atomic E-state index is 5.68. The van der Waals surface area contributed by atoms with Crippen molar-refractivity contribution in [1.29, 1.82) is 0 Å². The lowest BCUT2D eigenvalue weighted by molar-refractivity contribution is 0.410. The topological polar surface area (TPSA) is 63.9 Å². The second-order valence-corrected chi connectivity index (χ2v) is 3.61. The Kier molecular flexibility index (Phi) is 2.92. The van der Waals surface area contributed by atoms with Gasteiger partial charge in [0.25, 0.3) is 0 Å². The Balaban J connectivity index is 2.48. The lowest BCUT2D eigenvalue weighted by Gasteiger charge is -2.08. The molecule has 1 aromatic carbocycles. The molecule has 0 amide bonds. The van der Waals surface area contributed by atoms with E-state index >= 15 is 0 Å². The molecule has 0 aliphatic carbocycles. The fourth-order valence-corrected chi connectivity index (χ4v) is 1.74. The molecule has 0 fully saturated rings. The molecule has 2 rings (SSSR count). The van der Waals surface area contributed by atoms with Crippen LogP contribution in [0.5, 0.6) is 5.75 Å². The number of benzene rings is 1. The predicted octanol–water partition coefficient (Wildman–Crippen LogP) is 1.85. The molecule has 1 heterocycles. The standard InChI is InChI=1S/C12H15N3O/c1-8-12(15-7-14-8)9-3-4-11(16-2)10(5-9)6-13/h3-5,7H,6,13H2,1-2H3,(H,14,15). The molecule has 0 atom stereocenters. The highest BCUT2D eigenvalue weighted by Gasteiger charge is 2.08. The summed E-state index contributed by atoms with van der Waals surface area (Å²) in [6.45, 7) is 2.45. The van der Waals surface area contributed by atoms with Crippen molar-refractivity contribution in [3.8, 4) is 17.0 Å². The van der Waals surface area contributed by atoms with Crippen LogP contribution in [0.2, 0.25) is 0 Å². The van der Waals surface area contributed by atoms with E-state index in [0.717, 1.165) is 28.3 Å². The number of hydrogen-bond donors (Lipinski definition) is 2. The van der Waals surface area contributed by atoms with Gasteiger partial charge in [-0.1, -0.05) is 0 Å². The molecule has 0 aliphatic heterocycles. The molecule has 4 nitrogen and oxygen atoms in total. The van der Waals surface area contributed by atoms with Gasteiger partial charge in [-0.3, -0.25) is 0 Å². The SMILES string of the molecule is COc1ccc(-c2nc[nH]c2C)cc1CN. The van der Waals surface area contributed by atoms with Crippen molar-refractivity contribution < 1.29 is 4.74 Å². The minimum atomic E-state index is 0.459. The summed E-state index contributed by atoms with van der Waals surface area (Å²) in [5, 5.41) is 0. The number of imidazole rings is 1. The summed E-state index contributed by atoms with van der Waals surface area (Å²) < 4.78 is 5.23. The van der Waals surface area contributed by atoms with Gasteiger partial charge in [-0.05, 0) is 25.1 Å². The normalized spacial score (nSPS) is 10.4. The largest absolute Gasteiger partial charge is 0.496 e. The van der Waals surface area contributed by atoms with Gasteiger partial charge in [0.2, 0.25) is 0 Å². The molecule has 1 aromatic heterocycles. The van der Waals surface area contributed by atoms with Gasteiger partial charge in [0, 0.05) is 23.4 Å². The summed E-state index contributed by atoms with van der Waals surface area (Å²) in [6, 6.07) is 5.93. The molecule has 0 radical (unpaired) electrons. The zero-order valence-electron chi connectivity index (χ0n) is 9.45. The number of H-pyrrole nitrogens is 1. The van der Waals surface area contributed by atoms with Crippen molar-refractivity contribution in [1.82, 2.24) is 9.97 Å². The van der Waals surface area contributed by atoms with Crippen LogP contribution >= 0.6 is 0 Å². The van der Waals surface area contributed by atoms with Crippen LogP contribution in [0.3, 0.4) is 0 Å². The first-order valence-corrected chi connectivity index (χ1v) is 5.13. The molecule has 0 bridgehead atoms. The van der Waals surface area contributed by atoms with Gasteiger partial charge in [-0.15, -0.1) is 0 Å². The quantitative estimate of drug-likeness (QED) is 0.824. The van der Waals surface area contributed by atoms with Gasteiger partial charge in [0.1, 0.15) is 5.75 Å². The average molecular weight is 217 g/mol. The second-order valence-electron chi connectivity index (χ2n) is 3.61. The Bertz CT molecular complexity index is 491. The highest BCUT2D eigenvalue weighted by molar-refractivity contribution is 5.64. The second kappa shape index (κ2) is 4.37. The van der Waals surface area contributed by atoms with E-state index in [1.165, 1.54) is 0 Å². The van der Waals surface area contributed by atoms with Gasteiger partial charge < -0.3 is 15.5 Å². The van der Waals surface area contributed by atoms with Crippen LogP contribution in [0.25, 0.3) is 11.3 Å². The molecule has 0 aliphatic rings. The number of aryl methyl sites for hydroxylation is 1. The lowest BCUT2D eigenvalue weighted by Crippen LogP contribution is -2.00. The number of nitrogens with two attached hydrogens (primary N) is 1. The van der Waals surface area contributed by atoms with Crippen LogP contribution in [0, 0.1) is 6.92 Å². The summed E-state index contributed by atoms with van der Waals surface area (Å²) in [5.74, 6) is 0.819. The summed E-state index contributed by atoms with van der Waals surface area (Å²) in [5.41, 5.74) is 9.73. The maximum atomic E-state index is 5.68. The summed E-state index contributed by atoms with van der Waals surface area (Å²) in [6.07, 6.45) is 1.69. The van der Waals surface area contributed by atoms with Crippen LogP contribution in [0.4, 0.5) is 0 Å². The van der Waals surface area contributed by atoms with Crippen LogP contribution in [0.15, 0.2) is 24.5 Å². The van der Waals surface area contributed by atoms with Crippen molar-refractivity contribution in [3.05, 3.63) is 35.8 Å². The highest BCUT2D eigenvalue weighted by atomic mass is 16.5. The minimum absolute atomic E-state index is 0.459. The molecular weight excluding hydrogens is 202 g/mol. The molecule has 0 unspecified atom stereocenters. The van der Waals surface area contributed by atoms with Gasteiger partial charge >= 0.3 is 0 Å². The van der Waals surface area contributed by atoms with Crippen LogP contribution in [-0.2, 0) is 6.54 Å². The maximum Gasteiger partial charge on any atom is 0.123 e. The van der Waals surface area contributed by atoms with E-state index < -0.39 is 0 Å². The van der Waals surface area contributed by atoms with Crippen LogP contribution in [-0.4, -0.2) is 17.1 Å². The van der Waals surface area contributed by atoms with E-state index in [-0.39, 0.29) is 0 Å². The Morgan fingerprint density at radius 1 is 1.44 bits per heavy atom. The fourth-order valence-electron chi connectivity index (χ4n) is 1.74. The van der Waals surface area contributed by atoms with Gasteiger partial charge in [0.05, 0.1) is 19.1 Å². The predicted molar refractivity (Wildman–Crippen MR) is 63.2 cm³/mol. The van der Waals surface area contributed by atoms with E-state index in [9.17, 15) is 0 Å². The molecule has 4 heteroatoms. The number of aromatic nitrogens is 2. The summed E-state index contributed by atoms with van der Waals surface area (Å²) >= 11 is 0. The zero-order chi connectivity index (χ0) is 11.5. The molecule has 0 spiro atoms. The van der Waals surface area contributed by atoms with Crippen molar-refractivity contribution in [3.63, 3.8) is 0 Å². The third-order valence-corrected chi connectivity index (χ3v) is 2.60. The Morgan fingerprint density at radius 3 is 2.81 bits per heavy atom. The number of ether oxygens (including phenoxy) is 1. The monoisotopic (exact) mass is 217 g/mol. The van der Waals surface area contributed by atoms with E-state index in [1.54, 1.807) is 13.4 Å². The highest BCUT2D eigenvalue weighted by Crippen LogP contribution is 2.26. The van der Waals surface area contributed by atoms with Gasteiger partial charge in [0.15, 0.2) is 0 Å². The third kappa shape index (κ3) is 1.79. The van der Waals surface area contributed by atoms with Crippen LogP contribution in [0.1, 0.15) is 11.3 Å². The van der Waals surface area contributed by atoms with Crippen LogP contribution < -0.4 is 10.5 Å².